The second-order valence-electron chi connectivity index (χ2n) is 9.77. The Morgan fingerprint density at radius 2 is 1.67 bits per heavy atom. The zero-order valence-electron chi connectivity index (χ0n) is 21.5. The molecule has 206 valence electrons. The van der Waals surface area contributed by atoms with Gasteiger partial charge in [0.25, 0.3) is 0 Å². The quantitative estimate of drug-likeness (QED) is 0.246. The van der Waals surface area contributed by atoms with Crippen LogP contribution in [0.2, 0.25) is 5.02 Å². The van der Waals surface area contributed by atoms with E-state index in [1.54, 1.807) is 18.2 Å². The second kappa shape index (κ2) is 10.9. The summed E-state index contributed by atoms with van der Waals surface area (Å²) in [5, 5.41) is 46.0. The molecule has 0 radical (unpaired) electrons. The molecule has 9 nitrogen and oxygen atoms in total. The van der Waals surface area contributed by atoms with Gasteiger partial charge in [-0.3, -0.25) is 0 Å². The van der Waals surface area contributed by atoms with E-state index in [1.165, 1.54) is 7.11 Å². The van der Waals surface area contributed by atoms with Gasteiger partial charge in [-0.15, -0.1) is 0 Å². The number of oxime groups is 1. The van der Waals surface area contributed by atoms with Crippen molar-refractivity contribution in [1.82, 2.24) is 0 Å². The van der Waals surface area contributed by atoms with Crippen molar-refractivity contribution >= 4 is 17.3 Å². The number of ether oxygens (including phenoxy) is 3. The largest absolute Gasteiger partial charge is 0.457 e. The molecule has 2 bridgehead atoms. The van der Waals surface area contributed by atoms with Gasteiger partial charge in [0.1, 0.15) is 42.5 Å². The minimum atomic E-state index is -1.75. The first kappa shape index (κ1) is 27.5. The molecule has 5 rings (SSSR count). The van der Waals surface area contributed by atoms with Gasteiger partial charge in [0.05, 0.1) is 18.9 Å². The van der Waals surface area contributed by atoms with Gasteiger partial charge in [-0.25, -0.2) is 0 Å². The number of hydrogen-bond acceptors (Lipinski definition) is 9. The molecule has 5 atom stereocenters. The summed E-state index contributed by atoms with van der Waals surface area (Å²) in [5.74, 6) is -0.402. The topological polar surface area (TPSA) is 130 Å². The van der Waals surface area contributed by atoms with Crippen LogP contribution >= 0.6 is 11.6 Å². The van der Waals surface area contributed by atoms with Crippen LogP contribution in [0.25, 0.3) is 0 Å². The van der Waals surface area contributed by atoms with E-state index in [0.29, 0.717) is 28.5 Å². The van der Waals surface area contributed by atoms with Crippen LogP contribution in [-0.4, -0.2) is 70.4 Å². The second-order valence-corrected chi connectivity index (χ2v) is 10.2. The number of hydrogen-bond donors (Lipinski definition) is 4. The summed E-state index contributed by atoms with van der Waals surface area (Å²) in [4.78, 5) is 4.81. The predicted octanol–water partition coefficient (Wildman–Crippen LogP) is 3.12. The molecule has 0 aliphatic carbocycles. The number of rotatable bonds is 8. The first-order valence-corrected chi connectivity index (χ1v) is 12.8. The van der Waals surface area contributed by atoms with Gasteiger partial charge >= 0.3 is 0 Å². The van der Waals surface area contributed by atoms with Crippen LogP contribution in [0.4, 0.5) is 0 Å². The smallest absolute Gasteiger partial charge is 0.225 e. The van der Waals surface area contributed by atoms with E-state index >= 15 is 0 Å². The molecule has 2 aliphatic rings. The fourth-order valence-corrected chi connectivity index (χ4v) is 5.17. The molecular weight excluding hydrogens is 526 g/mol. The highest BCUT2D eigenvalue weighted by atomic mass is 35.5. The van der Waals surface area contributed by atoms with Gasteiger partial charge in [-0.2, -0.15) is 0 Å². The average molecular weight is 556 g/mol. The van der Waals surface area contributed by atoms with Crippen molar-refractivity contribution in [3.05, 3.63) is 94.0 Å². The lowest BCUT2D eigenvalue weighted by molar-refractivity contribution is -0.329. The van der Waals surface area contributed by atoms with Crippen LogP contribution in [0.3, 0.4) is 0 Å². The highest BCUT2D eigenvalue weighted by molar-refractivity contribution is 6.31. The molecule has 2 heterocycles. The molecule has 2 saturated heterocycles. The van der Waals surface area contributed by atoms with E-state index < -0.39 is 36.3 Å². The number of fused-ring (bicyclic) bond motifs is 2. The van der Waals surface area contributed by atoms with Crippen molar-refractivity contribution in [2.45, 2.75) is 43.0 Å². The van der Waals surface area contributed by atoms with Crippen LogP contribution in [0, 0.1) is 0 Å². The Morgan fingerprint density at radius 1 is 1.00 bits per heavy atom. The number of aliphatic hydroxyl groups is 4. The maximum absolute atomic E-state index is 10.8. The minimum absolute atomic E-state index is 0.193. The molecule has 3 aromatic rings. The monoisotopic (exact) mass is 555 g/mol. The van der Waals surface area contributed by atoms with Crippen molar-refractivity contribution in [2.75, 3.05) is 20.3 Å². The van der Waals surface area contributed by atoms with E-state index in [9.17, 15) is 20.4 Å². The average Bonchev–Trinajstić information content (AvgIpc) is 3.34. The fraction of sp³-hybridized carbons (Fsp3) is 0.345. The van der Waals surface area contributed by atoms with Crippen LogP contribution in [0.5, 0.6) is 11.5 Å². The molecule has 0 aromatic heterocycles. The molecule has 10 heteroatoms. The molecule has 2 aliphatic heterocycles. The van der Waals surface area contributed by atoms with Crippen LogP contribution in [0.15, 0.2) is 71.9 Å². The summed E-state index contributed by atoms with van der Waals surface area (Å²) in [5.41, 5.74) is 2.28. The van der Waals surface area contributed by atoms with Crippen LogP contribution in [-0.2, 0) is 26.5 Å². The highest BCUT2D eigenvalue weighted by Crippen LogP contribution is 2.49. The van der Waals surface area contributed by atoms with Crippen molar-refractivity contribution in [3.8, 4) is 11.5 Å². The van der Waals surface area contributed by atoms with Crippen molar-refractivity contribution in [1.29, 1.82) is 0 Å². The standard InChI is InChI=1S/C29H30ClNO8/c1-17(31-36-2)19-5-10-23(11-6-19)38-22-8-3-18(4-9-22)13-20-14-21(7-12-24(20)30)29-27(35)25(33)26(34)28(15-32,39-29)16-37-29/h3-12,14,25-27,32-35H,13,15-16H2,1-2H3. The van der Waals surface area contributed by atoms with Gasteiger partial charge in [0.2, 0.25) is 5.79 Å². The summed E-state index contributed by atoms with van der Waals surface area (Å²) in [6.45, 7) is 1.09. The summed E-state index contributed by atoms with van der Waals surface area (Å²) >= 11 is 6.51. The molecule has 0 amide bonds. The zero-order valence-corrected chi connectivity index (χ0v) is 22.2. The molecule has 5 unspecified atom stereocenters. The summed E-state index contributed by atoms with van der Waals surface area (Å²) in [7, 11) is 1.51. The van der Waals surface area contributed by atoms with E-state index in [1.807, 2.05) is 55.5 Å². The summed E-state index contributed by atoms with van der Waals surface area (Å²) < 4.78 is 17.7. The first-order chi connectivity index (χ1) is 18.7. The number of aliphatic hydroxyl groups excluding tert-OH is 4. The van der Waals surface area contributed by atoms with Gasteiger partial charge < -0.3 is 39.5 Å². The lowest BCUT2D eigenvalue weighted by Crippen LogP contribution is -2.65. The van der Waals surface area contributed by atoms with E-state index in [4.69, 9.17) is 30.6 Å². The van der Waals surface area contributed by atoms with Crippen LogP contribution < -0.4 is 4.74 Å². The van der Waals surface area contributed by atoms with Gasteiger partial charge in [-0.05, 0) is 78.6 Å². The normalized spacial score (nSPS) is 28.4. The zero-order chi connectivity index (χ0) is 27.8. The third-order valence-corrected chi connectivity index (χ3v) is 7.60. The molecule has 3 aromatic carbocycles. The maximum Gasteiger partial charge on any atom is 0.225 e. The van der Waals surface area contributed by atoms with Gasteiger partial charge in [-0.1, -0.05) is 35.0 Å². The Kier molecular flexibility index (Phi) is 7.67. The summed E-state index contributed by atoms with van der Waals surface area (Å²) in [6, 6.07) is 20.1. The fourth-order valence-electron chi connectivity index (χ4n) is 4.99. The number of halogens is 1. The Balaban J connectivity index is 1.32. The molecule has 4 N–H and O–H groups in total. The Labute approximate surface area is 230 Å². The number of nitrogens with zero attached hydrogens (tertiary/aromatic N) is 1. The molecule has 2 fully saturated rings. The Hall–Kier alpha value is -3.02. The van der Waals surface area contributed by atoms with E-state index in [2.05, 4.69) is 5.16 Å². The molecule has 0 saturated carbocycles. The van der Waals surface area contributed by atoms with Crippen molar-refractivity contribution < 1.29 is 39.5 Å². The van der Waals surface area contributed by atoms with Crippen LogP contribution in [0.1, 0.15) is 29.2 Å². The lowest BCUT2D eigenvalue weighted by atomic mass is 9.83. The SMILES string of the molecule is CON=C(C)c1ccc(Oc2ccc(Cc3cc(C45OCC(CO)(O4)C(O)C(O)C5O)ccc3Cl)cc2)cc1. The maximum atomic E-state index is 10.8. The third kappa shape index (κ3) is 5.03. The molecule has 0 spiro atoms. The van der Waals surface area contributed by atoms with Crippen molar-refractivity contribution in [3.63, 3.8) is 0 Å². The predicted molar refractivity (Wildman–Crippen MR) is 143 cm³/mol. The third-order valence-electron chi connectivity index (χ3n) is 7.23. The van der Waals surface area contributed by atoms with Gasteiger partial charge in [0.15, 0.2) is 0 Å². The molecular formula is C29H30ClNO8. The highest BCUT2D eigenvalue weighted by Gasteiger charge is 2.67. The lowest BCUT2D eigenvalue weighted by Gasteiger charge is -2.46. The molecule has 39 heavy (non-hydrogen) atoms. The van der Waals surface area contributed by atoms with Gasteiger partial charge in [0, 0.05) is 10.6 Å². The van der Waals surface area contributed by atoms with E-state index in [-0.39, 0.29) is 6.61 Å². The Morgan fingerprint density at radius 3 is 2.31 bits per heavy atom. The number of benzene rings is 3. The first-order valence-electron chi connectivity index (χ1n) is 12.4. The summed E-state index contributed by atoms with van der Waals surface area (Å²) in [6.07, 6.45) is -4.20. The minimum Gasteiger partial charge on any atom is -0.457 e. The van der Waals surface area contributed by atoms with Crippen molar-refractivity contribution in [2.24, 2.45) is 5.16 Å². The van der Waals surface area contributed by atoms with E-state index in [0.717, 1.165) is 22.4 Å². The Bertz CT molecular complexity index is 1350.